The van der Waals surface area contributed by atoms with E-state index in [0.29, 0.717) is 0 Å². The molecule has 1 atom stereocenters. The van der Waals surface area contributed by atoms with Gasteiger partial charge in [0.1, 0.15) is 5.60 Å². The third-order valence-corrected chi connectivity index (χ3v) is 0.860. The molecule has 0 bridgehead atoms. The first kappa shape index (κ1) is 11.7. The van der Waals surface area contributed by atoms with Gasteiger partial charge in [0.15, 0.2) is 0 Å². The second-order valence-corrected chi connectivity index (χ2v) is 3.35. The van der Waals surface area contributed by atoms with Crippen molar-refractivity contribution in [2.45, 2.75) is 32.7 Å². The number of carboxylic acid groups (broad SMARTS) is 1. The van der Waals surface area contributed by atoms with Gasteiger partial charge in [0.05, 0.1) is 0 Å². The van der Waals surface area contributed by atoms with Gasteiger partial charge in [-0.15, -0.1) is 0 Å². The van der Waals surface area contributed by atoms with Gasteiger partial charge < -0.3 is 9.84 Å². The van der Waals surface area contributed by atoms with Gasteiger partial charge >= 0.3 is 12.1 Å². The normalized spacial score (nSPS) is 13.2. The van der Waals surface area contributed by atoms with Crippen molar-refractivity contribution >= 4 is 12.1 Å². The number of hydrogen-bond acceptors (Lipinski definition) is 3. The first-order valence-electron chi connectivity index (χ1n) is 3.59. The second kappa shape index (κ2) is 4.06. The zero-order valence-corrected chi connectivity index (χ0v) is 7.63. The minimum Gasteiger partial charge on any atom is -0.478 e. The number of ether oxygens (including phenoxy) is 1. The largest absolute Gasteiger partial charge is 0.478 e. The number of carbonyl (C=O) groups is 2. The van der Waals surface area contributed by atoms with Crippen LogP contribution in [0.25, 0.3) is 0 Å². The highest BCUT2D eigenvalue weighted by Gasteiger charge is 2.22. The lowest BCUT2D eigenvalue weighted by molar-refractivity contribution is -0.144. The molecule has 0 aliphatic rings. The Kier molecular flexibility index (Phi) is 3.65. The minimum absolute atomic E-state index is 0.775. The van der Waals surface area contributed by atoms with Crippen LogP contribution in [0.1, 0.15) is 20.8 Å². The van der Waals surface area contributed by atoms with Crippen molar-refractivity contribution in [3.63, 3.8) is 0 Å². The first-order chi connectivity index (χ1) is 5.72. The van der Waals surface area contributed by atoms with Gasteiger partial charge in [0.2, 0.25) is 0 Å². The monoisotopic (exact) mass is 193 g/mol. The average Bonchev–Trinajstić information content (AvgIpc) is 1.81. The Morgan fingerprint density at radius 1 is 1.46 bits per heavy atom. The summed E-state index contributed by atoms with van der Waals surface area (Å²) >= 11 is 0. The van der Waals surface area contributed by atoms with Crippen molar-refractivity contribution in [3.8, 4) is 0 Å². The van der Waals surface area contributed by atoms with Crippen molar-refractivity contribution in [1.82, 2.24) is 5.32 Å². The van der Waals surface area contributed by atoms with E-state index in [1.54, 1.807) is 20.8 Å². The van der Waals surface area contributed by atoms with Crippen molar-refractivity contribution < 1.29 is 23.8 Å². The molecular formula is C7H12FNO4. The van der Waals surface area contributed by atoms with E-state index in [-0.39, 0.29) is 0 Å². The molecule has 76 valence electrons. The van der Waals surface area contributed by atoms with Crippen molar-refractivity contribution in [2.75, 3.05) is 0 Å². The molecule has 5 nitrogen and oxygen atoms in total. The number of alkyl carbamates (subject to hydrolysis) is 1. The van der Waals surface area contributed by atoms with E-state index >= 15 is 0 Å². The number of halogens is 1. The van der Waals surface area contributed by atoms with Crippen LogP contribution in [0.3, 0.4) is 0 Å². The number of alkyl halides is 1. The van der Waals surface area contributed by atoms with Crippen LogP contribution in [0.15, 0.2) is 0 Å². The van der Waals surface area contributed by atoms with Crippen LogP contribution in [0, 0.1) is 0 Å². The summed E-state index contributed by atoms with van der Waals surface area (Å²) in [5.41, 5.74) is -0.775. The molecule has 0 aromatic rings. The average molecular weight is 193 g/mol. The van der Waals surface area contributed by atoms with Gasteiger partial charge in [-0.25, -0.2) is 14.0 Å². The van der Waals surface area contributed by atoms with E-state index in [1.165, 1.54) is 5.32 Å². The Hall–Kier alpha value is -1.33. The van der Waals surface area contributed by atoms with Crippen LogP contribution in [0.2, 0.25) is 0 Å². The number of carbonyl (C=O) groups excluding carboxylic acids is 1. The number of nitrogens with one attached hydrogen (secondary N) is 1. The summed E-state index contributed by atoms with van der Waals surface area (Å²) in [7, 11) is 0. The van der Waals surface area contributed by atoms with E-state index in [2.05, 4.69) is 4.74 Å². The summed E-state index contributed by atoms with van der Waals surface area (Å²) in [6.07, 6.45) is -3.53. The van der Waals surface area contributed by atoms with E-state index in [4.69, 9.17) is 5.11 Å². The molecule has 2 N–H and O–H groups in total. The quantitative estimate of drug-likeness (QED) is 0.638. The summed E-state index contributed by atoms with van der Waals surface area (Å²) in [5.74, 6) is -1.76. The maximum atomic E-state index is 12.3. The van der Waals surface area contributed by atoms with Crippen LogP contribution < -0.4 is 5.32 Å². The lowest BCUT2D eigenvalue weighted by Gasteiger charge is -2.19. The molecule has 0 heterocycles. The van der Waals surface area contributed by atoms with Gasteiger partial charge in [-0.1, -0.05) is 0 Å². The van der Waals surface area contributed by atoms with E-state index in [0.717, 1.165) is 0 Å². The SMILES string of the molecule is CC(C)(C)OC(=O)NC(F)C(=O)O. The third kappa shape index (κ3) is 5.89. The van der Waals surface area contributed by atoms with E-state index < -0.39 is 24.0 Å². The molecular weight excluding hydrogens is 181 g/mol. The van der Waals surface area contributed by atoms with Gasteiger partial charge in [-0.05, 0) is 20.8 Å². The summed E-state index contributed by atoms with van der Waals surface area (Å²) < 4.78 is 16.9. The molecule has 0 saturated carbocycles. The highest BCUT2D eigenvalue weighted by molar-refractivity contribution is 5.78. The Morgan fingerprint density at radius 2 is 1.92 bits per heavy atom. The first-order valence-corrected chi connectivity index (χ1v) is 3.59. The maximum Gasteiger partial charge on any atom is 0.410 e. The third-order valence-electron chi connectivity index (χ3n) is 0.860. The molecule has 0 aliphatic heterocycles. The second-order valence-electron chi connectivity index (χ2n) is 3.35. The fraction of sp³-hybridized carbons (Fsp3) is 0.714. The fourth-order valence-electron chi connectivity index (χ4n) is 0.473. The molecule has 0 saturated heterocycles. The summed E-state index contributed by atoms with van der Waals surface area (Å²) in [4.78, 5) is 20.7. The van der Waals surface area contributed by atoms with Gasteiger partial charge in [0.25, 0.3) is 6.30 Å². The van der Waals surface area contributed by atoms with Crippen molar-refractivity contribution in [1.29, 1.82) is 0 Å². The molecule has 1 amide bonds. The molecule has 13 heavy (non-hydrogen) atoms. The number of carboxylic acids is 1. The lowest BCUT2D eigenvalue weighted by Crippen LogP contribution is -2.40. The molecule has 0 radical (unpaired) electrons. The predicted octanol–water partition coefficient (Wildman–Crippen LogP) is 0.891. The maximum absolute atomic E-state index is 12.3. The van der Waals surface area contributed by atoms with E-state index in [9.17, 15) is 14.0 Å². The zero-order chi connectivity index (χ0) is 10.6. The van der Waals surface area contributed by atoms with Crippen LogP contribution in [-0.4, -0.2) is 29.1 Å². The molecule has 0 fully saturated rings. The molecule has 0 rings (SSSR count). The fourth-order valence-corrected chi connectivity index (χ4v) is 0.473. The van der Waals surface area contributed by atoms with E-state index in [1.807, 2.05) is 0 Å². The van der Waals surface area contributed by atoms with Crippen LogP contribution in [-0.2, 0) is 9.53 Å². The summed E-state index contributed by atoms with van der Waals surface area (Å²) in [5, 5.41) is 9.59. The number of hydrogen-bond donors (Lipinski definition) is 2. The Morgan fingerprint density at radius 3 is 2.23 bits per heavy atom. The highest BCUT2D eigenvalue weighted by atomic mass is 19.1. The van der Waals surface area contributed by atoms with Gasteiger partial charge in [0, 0.05) is 0 Å². The Bertz CT molecular complexity index is 211. The number of amides is 1. The summed E-state index contributed by atoms with van der Waals surface area (Å²) in [6, 6.07) is 0. The molecule has 1 unspecified atom stereocenters. The van der Waals surface area contributed by atoms with Crippen LogP contribution in [0.4, 0.5) is 9.18 Å². The summed E-state index contributed by atoms with van der Waals surface area (Å²) in [6.45, 7) is 4.75. The molecule has 6 heteroatoms. The lowest BCUT2D eigenvalue weighted by atomic mass is 10.2. The van der Waals surface area contributed by atoms with Gasteiger partial charge in [-0.2, -0.15) is 0 Å². The minimum atomic E-state index is -2.44. The highest BCUT2D eigenvalue weighted by Crippen LogP contribution is 2.06. The van der Waals surface area contributed by atoms with Crippen LogP contribution >= 0.6 is 0 Å². The Balaban J connectivity index is 3.96. The topological polar surface area (TPSA) is 75.6 Å². The number of rotatable bonds is 2. The van der Waals surface area contributed by atoms with Gasteiger partial charge in [-0.3, -0.25) is 5.32 Å². The molecule has 0 aliphatic carbocycles. The standard InChI is InChI=1S/C7H12FNO4/c1-7(2,3)13-6(12)9-4(8)5(10)11/h4H,1-3H3,(H,9,12)(H,10,11). The Labute approximate surface area is 74.9 Å². The molecule has 0 aromatic heterocycles. The van der Waals surface area contributed by atoms with Crippen molar-refractivity contribution in [3.05, 3.63) is 0 Å². The van der Waals surface area contributed by atoms with Crippen molar-refractivity contribution in [2.24, 2.45) is 0 Å². The predicted molar refractivity (Wildman–Crippen MR) is 41.9 cm³/mol. The molecule has 0 spiro atoms. The number of aliphatic carboxylic acids is 1. The van der Waals surface area contributed by atoms with Crippen LogP contribution in [0.5, 0.6) is 0 Å². The molecule has 0 aromatic carbocycles. The smallest absolute Gasteiger partial charge is 0.410 e. The zero-order valence-electron chi connectivity index (χ0n) is 7.63.